The Morgan fingerprint density at radius 2 is 2.17 bits per heavy atom. The Labute approximate surface area is 112 Å². The first-order valence-corrected chi connectivity index (χ1v) is 7.00. The summed E-state index contributed by atoms with van der Waals surface area (Å²) in [5.74, 6) is 1.22. The lowest BCUT2D eigenvalue weighted by Crippen LogP contribution is -2.34. The van der Waals surface area contributed by atoms with Gasteiger partial charge in [0.1, 0.15) is 5.82 Å². The summed E-state index contributed by atoms with van der Waals surface area (Å²) >= 11 is 1.40. The van der Waals surface area contributed by atoms with Gasteiger partial charge >= 0.3 is 0 Å². The molecule has 7 heteroatoms. The van der Waals surface area contributed by atoms with Gasteiger partial charge in [0.2, 0.25) is 5.91 Å². The average molecular weight is 271 g/mol. The van der Waals surface area contributed by atoms with Crippen LogP contribution in [-0.2, 0) is 17.9 Å². The summed E-state index contributed by atoms with van der Waals surface area (Å²) in [6.07, 6.45) is 0. The molecule has 1 aromatic rings. The van der Waals surface area contributed by atoms with Crippen molar-refractivity contribution >= 4 is 17.7 Å². The number of carbonyl (C=O) groups excluding carboxylic acids is 1. The van der Waals surface area contributed by atoms with Crippen molar-refractivity contribution in [2.75, 3.05) is 12.8 Å². The van der Waals surface area contributed by atoms with Crippen LogP contribution in [0, 0.1) is 0 Å². The van der Waals surface area contributed by atoms with Crippen LogP contribution in [0.2, 0.25) is 0 Å². The molecular formula is C11H21N5OS. The van der Waals surface area contributed by atoms with Crippen molar-refractivity contribution in [1.29, 1.82) is 0 Å². The van der Waals surface area contributed by atoms with Gasteiger partial charge in [0, 0.05) is 19.6 Å². The smallest absolute Gasteiger partial charge is 0.233 e. The fourth-order valence-corrected chi connectivity index (χ4v) is 2.36. The van der Waals surface area contributed by atoms with Gasteiger partial charge in [0.05, 0.1) is 12.3 Å². The lowest BCUT2D eigenvalue weighted by molar-refractivity contribution is -0.128. The molecule has 1 heterocycles. The lowest BCUT2D eigenvalue weighted by Gasteiger charge is -2.21. The highest BCUT2D eigenvalue weighted by Gasteiger charge is 2.15. The summed E-state index contributed by atoms with van der Waals surface area (Å²) < 4.78 is 1.94. The molecule has 0 unspecified atom stereocenters. The van der Waals surface area contributed by atoms with Crippen LogP contribution >= 0.6 is 11.8 Å². The SMILES string of the molecule is CCn1c(CN)nnc1SCC(=O)N(C)C(C)C. The summed E-state index contributed by atoms with van der Waals surface area (Å²) in [5, 5.41) is 8.82. The quantitative estimate of drug-likeness (QED) is 0.771. The van der Waals surface area contributed by atoms with Crippen LogP contribution in [0.15, 0.2) is 5.16 Å². The van der Waals surface area contributed by atoms with Crippen molar-refractivity contribution in [2.45, 2.75) is 45.1 Å². The monoisotopic (exact) mass is 271 g/mol. The molecule has 0 bridgehead atoms. The number of nitrogens with zero attached hydrogens (tertiary/aromatic N) is 4. The van der Waals surface area contributed by atoms with E-state index in [4.69, 9.17) is 5.73 Å². The first-order chi connectivity index (χ1) is 8.51. The molecule has 1 rings (SSSR count). The van der Waals surface area contributed by atoms with Crippen molar-refractivity contribution in [3.63, 3.8) is 0 Å². The minimum Gasteiger partial charge on any atom is -0.343 e. The molecular weight excluding hydrogens is 250 g/mol. The molecule has 6 nitrogen and oxygen atoms in total. The number of aromatic nitrogens is 3. The molecule has 0 spiro atoms. The van der Waals surface area contributed by atoms with Crippen LogP contribution in [0.3, 0.4) is 0 Å². The van der Waals surface area contributed by atoms with Crippen molar-refractivity contribution in [1.82, 2.24) is 19.7 Å². The Hall–Kier alpha value is -1.08. The number of carbonyl (C=O) groups is 1. The van der Waals surface area contributed by atoms with Crippen LogP contribution in [-0.4, -0.2) is 44.4 Å². The molecule has 0 radical (unpaired) electrons. The largest absolute Gasteiger partial charge is 0.343 e. The fraction of sp³-hybridized carbons (Fsp3) is 0.727. The highest BCUT2D eigenvalue weighted by atomic mass is 32.2. The molecule has 0 saturated carbocycles. The fourth-order valence-electron chi connectivity index (χ4n) is 1.41. The number of rotatable bonds is 6. The first kappa shape index (κ1) is 15.0. The molecule has 1 amide bonds. The maximum atomic E-state index is 11.9. The van der Waals surface area contributed by atoms with Crippen molar-refractivity contribution < 1.29 is 4.79 Å². The van der Waals surface area contributed by atoms with Gasteiger partial charge in [-0.05, 0) is 20.8 Å². The number of hydrogen-bond donors (Lipinski definition) is 1. The lowest BCUT2D eigenvalue weighted by atomic mass is 10.3. The number of nitrogens with two attached hydrogens (primary N) is 1. The van der Waals surface area contributed by atoms with E-state index in [0.717, 1.165) is 17.5 Å². The third-order valence-corrected chi connectivity index (χ3v) is 3.74. The van der Waals surface area contributed by atoms with E-state index in [9.17, 15) is 4.79 Å². The molecule has 0 aliphatic rings. The summed E-state index contributed by atoms with van der Waals surface area (Å²) in [7, 11) is 1.81. The highest BCUT2D eigenvalue weighted by molar-refractivity contribution is 7.99. The highest BCUT2D eigenvalue weighted by Crippen LogP contribution is 2.17. The molecule has 18 heavy (non-hydrogen) atoms. The summed E-state index contributed by atoms with van der Waals surface area (Å²) in [6.45, 7) is 7.11. The summed E-state index contributed by atoms with van der Waals surface area (Å²) in [5.41, 5.74) is 5.58. The number of thioether (sulfide) groups is 1. The second-order valence-corrected chi connectivity index (χ2v) is 5.18. The van der Waals surface area contributed by atoms with Crippen molar-refractivity contribution in [2.24, 2.45) is 5.73 Å². The third kappa shape index (κ3) is 3.46. The Morgan fingerprint density at radius 3 is 2.67 bits per heavy atom. The second-order valence-electron chi connectivity index (χ2n) is 4.23. The molecule has 0 aliphatic carbocycles. The predicted octanol–water partition coefficient (Wildman–Crippen LogP) is 0.716. The molecule has 102 valence electrons. The van der Waals surface area contributed by atoms with Gasteiger partial charge in [-0.1, -0.05) is 11.8 Å². The average Bonchev–Trinajstić information content (AvgIpc) is 2.76. The van der Waals surface area contributed by atoms with Gasteiger partial charge in [-0.15, -0.1) is 10.2 Å². The van der Waals surface area contributed by atoms with Crippen LogP contribution in [0.25, 0.3) is 0 Å². The van der Waals surface area contributed by atoms with Gasteiger partial charge in [-0.25, -0.2) is 0 Å². The van der Waals surface area contributed by atoms with E-state index >= 15 is 0 Å². The Morgan fingerprint density at radius 1 is 1.50 bits per heavy atom. The maximum absolute atomic E-state index is 11.9. The molecule has 2 N–H and O–H groups in total. The molecule has 0 saturated heterocycles. The van der Waals surface area contributed by atoms with E-state index in [1.54, 1.807) is 4.90 Å². The minimum atomic E-state index is 0.0925. The zero-order chi connectivity index (χ0) is 13.7. The molecule has 0 fully saturated rings. The van der Waals surface area contributed by atoms with E-state index in [1.165, 1.54) is 11.8 Å². The normalized spacial score (nSPS) is 11.0. The van der Waals surface area contributed by atoms with E-state index in [1.807, 2.05) is 32.4 Å². The van der Waals surface area contributed by atoms with Crippen LogP contribution in [0.1, 0.15) is 26.6 Å². The van der Waals surface area contributed by atoms with Crippen molar-refractivity contribution in [3.05, 3.63) is 5.82 Å². The van der Waals surface area contributed by atoms with Gasteiger partial charge in [-0.2, -0.15) is 0 Å². The standard InChI is InChI=1S/C11H21N5OS/c1-5-16-9(6-12)13-14-11(16)18-7-10(17)15(4)8(2)3/h8H,5-7,12H2,1-4H3. The molecule has 0 aliphatic heterocycles. The molecule has 0 atom stereocenters. The van der Waals surface area contributed by atoms with E-state index in [2.05, 4.69) is 10.2 Å². The zero-order valence-corrected chi connectivity index (χ0v) is 12.2. The maximum Gasteiger partial charge on any atom is 0.233 e. The van der Waals surface area contributed by atoms with Crippen molar-refractivity contribution in [3.8, 4) is 0 Å². The van der Waals surface area contributed by atoms with Gasteiger partial charge in [-0.3, -0.25) is 4.79 Å². The summed E-state index contributed by atoms with van der Waals surface area (Å²) in [4.78, 5) is 13.6. The summed E-state index contributed by atoms with van der Waals surface area (Å²) in [6, 6.07) is 0.210. The van der Waals surface area contributed by atoms with Crippen LogP contribution < -0.4 is 5.73 Å². The third-order valence-electron chi connectivity index (χ3n) is 2.78. The van der Waals surface area contributed by atoms with Gasteiger partial charge in [0.15, 0.2) is 5.16 Å². The molecule has 1 aromatic heterocycles. The predicted molar refractivity (Wildman–Crippen MR) is 72.2 cm³/mol. The minimum absolute atomic E-state index is 0.0925. The Kier molecular flexibility index (Phi) is 5.61. The number of amides is 1. The Balaban J connectivity index is 2.64. The second kappa shape index (κ2) is 6.75. The van der Waals surface area contributed by atoms with E-state index < -0.39 is 0 Å². The topological polar surface area (TPSA) is 77.0 Å². The first-order valence-electron chi connectivity index (χ1n) is 6.01. The number of hydrogen-bond acceptors (Lipinski definition) is 5. The van der Waals surface area contributed by atoms with Gasteiger partial charge in [0.25, 0.3) is 0 Å². The van der Waals surface area contributed by atoms with Crippen LogP contribution in [0.4, 0.5) is 0 Å². The van der Waals surface area contributed by atoms with Gasteiger partial charge < -0.3 is 15.2 Å². The van der Waals surface area contributed by atoms with E-state index in [0.29, 0.717) is 12.3 Å². The Bertz CT molecular complexity index is 404. The van der Waals surface area contributed by atoms with E-state index in [-0.39, 0.29) is 11.9 Å². The molecule has 0 aromatic carbocycles. The zero-order valence-electron chi connectivity index (χ0n) is 11.4. The van der Waals surface area contributed by atoms with Crippen LogP contribution in [0.5, 0.6) is 0 Å².